The van der Waals surface area contributed by atoms with Gasteiger partial charge in [-0.15, -0.1) is 11.6 Å². The van der Waals surface area contributed by atoms with Gasteiger partial charge in [0.25, 0.3) is 0 Å². The van der Waals surface area contributed by atoms with Crippen molar-refractivity contribution in [3.8, 4) is 11.5 Å². The maximum atomic E-state index is 13.0. The number of rotatable bonds is 8. The van der Waals surface area contributed by atoms with Crippen LogP contribution in [0.4, 0.5) is 0 Å². The SMILES string of the molecule is CC[C@H](CCl)OP(=O)(Oc1ccccc1)Oc1ccccc1. The van der Waals surface area contributed by atoms with Crippen molar-refractivity contribution in [2.75, 3.05) is 5.88 Å². The van der Waals surface area contributed by atoms with Crippen LogP contribution < -0.4 is 9.05 Å². The first-order valence-corrected chi connectivity index (χ1v) is 8.98. The number of halogens is 1. The maximum absolute atomic E-state index is 13.0. The van der Waals surface area contributed by atoms with Crippen LogP contribution in [-0.2, 0) is 9.09 Å². The topological polar surface area (TPSA) is 44.8 Å². The molecular weight excluding hydrogens is 323 g/mol. The molecule has 0 heterocycles. The summed E-state index contributed by atoms with van der Waals surface area (Å²) in [5, 5.41) is 0. The fourth-order valence-corrected chi connectivity index (χ4v) is 3.52. The van der Waals surface area contributed by atoms with Crippen LogP contribution >= 0.6 is 19.4 Å². The Morgan fingerprint density at radius 1 is 0.955 bits per heavy atom. The summed E-state index contributed by atoms with van der Waals surface area (Å²) in [6.45, 7) is 1.89. The summed E-state index contributed by atoms with van der Waals surface area (Å²) >= 11 is 5.82. The molecule has 0 aliphatic carbocycles. The molecule has 6 heteroatoms. The van der Waals surface area contributed by atoms with E-state index in [0.717, 1.165) is 0 Å². The van der Waals surface area contributed by atoms with E-state index in [1.165, 1.54) is 0 Å². The van der Waals surface area contributed by atoms with Gasteiger partial charge in [-0.05, 0) is 30.7 Å². The monoisotopic (exact) mass is 340 g/mol. The van der Waals surface area contributed by atoms with Crippen molar-refractivity contribution in [3.05, 3.63) is 60.7 Å². The molecule has 118 valence electrons. The van der Waals surface area contributed by atoms with Crippen LogP contribution in [0.5, 0.6) is 11.5 Å². The van der Waals surface area contributed by atoms with E-state index in [2.05, 4.69) is 0 Å². The molecule has 2 aromatic carbocycles. The second-order valence-electron chi connectivity index (χ2n) is 4.55. The van der Waals surface area contributed by atoms with E-state index in [4.69, 9.17) is 25.2 Å². The van der Waals surface area contributed by atoms with Crippen molar-refractivity contribution < 1.29 is 18.1 Å². The zero-order valence-electron chi connectivity index (χ0n) is 12.2. The summed E-state index contributed by atoms with van der Waals surface area (Å²) in [5.41, 5.74) is 0. The van der Waals surface area contributed by atoms with E-state index in [9.17, 15) is 4.57 Å². The summed E-state index contributed by atoms with van der Waals surface area (Å²) in [6, 6.07) is 17.5. The minimum atomic E-state index is -3.84. The molecule has 0 spiro atoms. The standard InChI is InChI=1S/C16H18ClO4P/c1-2-14(13-17)19-22(18,20-15-9-5-3-6-10-15)21-16-11-7-4-8-12-16/h3-12,14H,2,13H2,1H3/t14-/m1/s1. The van der Waals surface area contributed by atoms with Crippen molar-refractivity contribution in [2.45, 2.75) is 19.4 Å². The summed E-state index contributed by atoms with van der Waals surface area (Å²) < 4.78 is 29.5. The molecule has 4 nitrogen and oxygen atoms in total. The van der Waals surface area contributed by atoms with Gasteiger partial charge in [0.1, 0.15) is 11.5 Å². The van der Waals surface area contributed by atoms with E-state index in [0.29, 0.717) is 17.9 Å². The minimum absolute atomic E-state index is 0.205. The predicted molar refractivity (Wildman–Crippen MR) is 87.6 cm³/mol. The lowest BCUT2D eigenvalue weighted by atomic mass is 10.3. The van der Waals surface area contributed by atoms with E-state index >= 15 is 0 Å². The lowest BCUT2D eigenvalue weighted by Crippen LogP contribution is -2.16. The van der Waals surface area contributed by atoms with E-state index < -0.39 is 13.9 Å². The molecule has 22 heavy (non-hydrogen) atoms. The highest BCUT2D eigenvalue weighted by molar-refractivity contribution is 7.49. The Morgan fingerprint density at radius 3 is 1.77 bits per heavy atom. The number of benzene rings is 2. The van der Waals surface area contributed by atoms with Gasteiger partial charge in [-0.2, -0.15) is 0 Å². The third-order valence-corrected chi connectivity index (χ3v) is 4.60. The van der Waals surface area contributed by atoms with Crippen molar-refractivity contribution in [3.63, 3.8) is 0 Å². The van der Waals surface area contributed by atoms with Crippen molar-refractivity contribution in [2.24, 2.45) is 0 Å². The van der Waals surface area contributed by atoms with Crippen molar-refractivity contribution >= 4 is 19.4 Å². The molecule has 0 saturated heterocycles. The van der Waals surface area contributed by atoms with Gasteiger partial charge in [-0.25, -0.2) is 4.57 Å². The largest absolute Gasteiger partial charge is 0.587 e. The predicted octanol–water partition coefficient (Wildman–Crippen LogP) is 5.29. The highest BCUT2D eigenvalue weighted by Crippen LogP contribution is 2.50. The van der Waals surface area contributed by atoms with Crippen LogP contribution in [0, 0.1) is 0 Å². The van der Waals surface area contributed by atoms with Crippen LogP contribution in [0.3, 0.4) is 0 Å². The smallest absolute Gasteiger partial charge is 0.395 e. The lowest BCUT2D eigenvalue weighted by molar-refractivity contribution is 0.154. The van der Waals surface area contributed by atoms with E-state index in [1.807, 2.05) is 19.1 Å². The van der Waals surface area contributed by atoms with Crippen LogP contribution in [0.2, 0.25) is 0 Å². The Balaban J connectivity index is 2.21. The number of para-hydroxylation sites is 2. The van der Waals surface area contributed by atoms with Crippen LogP contribution in [0.15, 0.2) is 60.7 Å². The molecule has 0 N–H and O–H groups in total. The Labute approximate surface area is 135 Å². The molecule has 0 unspecified atom stereocenters. The van der Waals surface area contributed by atoms with Gasteiger partial charge in [0.2, 0.25) is 0 Å². The molecule has 0 aromatic heterocycles. The zero-order chi connectivity index (χ0) is 15.8. The van der Waals surface area contributed by atoms with Gasteiger partial charge < -0.3 is 9.05 Å². The molecule has 2 rings (SSSR count). The minimum Gasteiger partial charge on any atom is -0.395 e. The van der Waals surface area contributed by atoms with Gasteiger partial charge in [-0.3, -0.25) is 4.52 Å². The highest BCUT2D eigenvalue weighted by atomic mass is 35.5. The van der Waals surface area contributed by atoms with E-state index in [-0.39, 0.29) is 5.88 Å². The third-order valence-electron chi connectivity index (χ3n) is 2.83. The molecule has 0 saturated carbocycles. The second-order valence-corrected chi connectivity index (χ2v) is 6.32. The Hall–Kier alpha value is -1.48. The summed E-state index contributed by atoms with van der Waals surface area (Å²) in [4.78, 5) is 0. The Kier molecular flexibility index (Phi) is 6.32. The van der Waals surface area contributed by atoms with E-state index in [1.54, 1.807) is 48.5 Å². The maximum Gasteiger partial charge on any atom is 0.587 e. The number of phosphoric ester groups is 1. The molecule has 1 atom stereocenters. The fourth-order valence-electron chi connectivity index (χ4n) is 1.68. The fraction of sp³-hybridized carbons (Fsp3) is 0.250. The van der Waals surface area contributed by atoms with Gasteiger partial charge in [0.05, 0.1) is 6.10 Å². The highest BCUT2D eigenvalue weighted by Gasteiger charge is 2.33. The van der Waals surface area contributed by atoms with Crippen molar-refractivity contribution in [1.29, 1.82) is 0 Å². The lowest BCUT2D eigenvalue weighted by Gasteiger charge is -2.22. The molecule has 0 aliphatic heterocycles. The van der Waals surface area contributed by atoms with Gasteiger partial charge >= 0.3 is 7.82 Å². The molecule has 0 radical (unpaired) electrons. The summed E-state index contributed by atoms with van der Waals surface area (Å²) in [6.07, 6.45) is 0.184. The average molecular weight is 341 g/mol. The van der Waals surface area contributed by atoms with Gasteiger partial charge in [0.15, 0.2) is 0 Å². The average Bonchev–Trinajstić information content (AvgIpc) is 2.54. The quantitative estimate of drug-likeness (QED) is 0.484. The first-order valence-electron chi connectivity index (χ1n) is 6.99. The number of phosphoric acid groups is 1. The Bertz CT molecular complexity index is 557. The molecule has 2 aromatic rings. The normalized spacial score (nSPS) is 12.6. The van der Waals surface area contributed by atoms with Crippen LogP contribution in [0.25, 0.3) is 0 Å². The molecule has 0 bridgehead atoms. The first-order chi connectivity index (χ1) is 10.6. The van der Waals surface area contributed by atoms with Gasteiger partial charge in [0, 0.05) is 5.88 Å². The Morgan fingerprint density at radius 2 is 1.41 bits per heavy atom. The van der Waals surface area contributed by atoms with Crippen molar-refractivity contribution in [1.82, 2.24) is 0 Å². The third kappa shape index (κ3) is 5.06. The number of hydrogen-bond donors (Lipinski definition) is 0. The summed E-state index contributed by atoms with van der Waals surface area (Å²) in [5.74, 6) is 1.02. The molecule has 0 amide bonds. The van der Waals surface area contributed by atoms with Crippen LogP contribution in [0.1, 0.15) is 13.3 Å². The molecule has 0 aliphatic rings. The van der Waals surface area contributed by atoms with Crippen LogP contribution in [-0.4, -0.2) is 12.0 Å². The first kappa shape index (κ1) is 16.9. The number of hydrogen-bond acceptors (Lipinski definition) is 4. The second kappa shape index (κ2) is 8.23. The molecule has 0 fully saturated rings. The van der Waals surface area contributed by atoms with Gasteiger partial charge in [-0.1, -0.05) is 43.3 Å². The number of alkyl halides is 1. The molecular formula is C16H18ClO4P. The zero-order valence-corrected chi connectivity index (χ0v) is 13.9. The summed E-state index contributed by atoms with van der Waals surface area (Å²) in [7, 11) is -3.84.